The first-order valence-electron chi connectivity index (χ1n) is 13.3. The zero-order valence-corrected chi connectivity index (χ0v) is 22.4. The molecule has 8 heteroatoms. The lowest BCUT2D eigenvalue weighted by Crippen LogP contribution is -2.27. The number of aromatic carboxylic acids is 1. The van der Waals surface area contributed by atoms with Crippen LogP contribution in [0, 0.1) is 11.6 Å². The van der Waals surface area contributed by atoms with Gasteiger partial charge < -0.3 is 14.9 Å². The number of nitrogens with zero attached hydrogens (tertiary/aromatic N) is 1. The Morgan fingerprint density at radius 3 is 2.43 bits per heavy atom. The van der Waals surface area contributed by atoms with Crippen molar-refractivity contribution in [2.24, 2.45) is 0 Å². The quantitative estimate of drug-likeness (QED) is 0.208. The number of carboxylic acids is 1. The van der Waals surface area contributed by atoms with Gasteiger partial charge in [-0.25, -0.2) is 13.6 Å². The fraction of sp³-hybridized carbons (Fsp3) is 0.0882. The van der Waals surface area contributed by atoms with Crippen LogP contribution in [0.5, 0.6) is 0 Å². The van der Waals surface area contributed by atoms with E-state index in [2.05, 4.69) is 10.5 Å². The number of hydrogen-bond donors (Lipinski definition) is 2. The van der Waals surface area contributed by atoms with Crippen LogP contribution in [-0.2, 0) is 6.42 Å². The Kier molecular flexibility index (Phi) is 6.96. The molecule has 6 aromatic rings. The number of carbonyl (C=O) groups is 2. The number of aromatic nitrogens is 1. The van der Waals surface area contributed by atoms with Crippen LogP contribution in [0.2, 0.25) is 0 Å². The van der Waals surface area contributed by atoms with E-state index in [1.54, 1.807) is 25.1 Å². The molecule has 0 fully saturated rings. The van der Waals surface area contributed by atoms with Crippen LogP contribution in [-0.4, -0.2) is 22.1 Å². The number of benzene rings is 5. The van der Waals surface area contributed by atoms with Crippen LogP contribution in [0.25, 0.3) is 32.8 Å². The highest BCUT2D eigenvalue weighted by Gasteiger charge is 2.23. The van der Waals surface area contributed by atoms with Gasteiger partial charge in [0.1, 0.15) is 22.9 Å². The predicted octanol–water partition coefficient (Wildman–Crippen LogP) is 7.71. The van der Waals surface area contributed by atoms with E-state index in [1.807, 2.05) is 42.5 Å². The Morgan fingerprint density at radius 1 is 0.905 bits per heavy atom. The molecular formula is C34H24F2N2O4. The summed E-state index contributed by atoms with van der Waals surface area (Å²) in [5.74, 6) is -2.33. The van der Waals surface area contributed by atoms with Crippen LogP contribution in [0.15, 0.2) is 102 Å². The first-order chi connectivity index (χ1) is 20.3. The molecule has 1 atom stereocenters. The molecule has 208 valence electrons. The van der Waals surface area contributed by atoms with E-state index in [0.29, 0.717) is 28.6 Å². The maximum Gasteiger partial charge on any atom is 0.335 e. The summed E-state index contributed by atoms with van der Waals surface area (Å²) in [6, 6.07) is 25.9. The normalized spacial score (nSPS) is 12.0. The summed E-state index contributed by atoms with van der Waals surface area (Å²) in [7, 11) is 0. The molecule has 1 heterocycles. The zero-order chi connectivity index (χ0) is 29.4. The third-order valence-corrected chi connectivity index (χ3v) is 7.32. The van der Waals surface area contributed by atoms with E-state index in [1.165, 1.54) is 18.2 Å². The molecule has 0 saturated carbocycles. The second kappa shape index (κ2) is 10.9. The predicted molar refractivity (Wildman–Crippen MR) is 155 cm³/mol. The number of nitrogens with one attached hydrogen (secondary N) is 1. The SMILES string of the molecule is C[C@H](NC(=O)c1cc(-c2cc(F)ccc2F)cc2noc(Cc3ccc4ccccc4c3)c12)c1ccc(C(=O)O)cc1. The molecule has 6 rings (SSSR count). The van der Waals surface area contributed by atoms with Crippen molar-refractivity contribution in [1.82, 2.24) is 10.5 Å². The topological polar surface area (TPSA) is 92.4 Å². The Morgan fingerprint density at radius 2 is 1.67 bits per heavy atom. The van der Waals surface area contributed by atoms with Gasteiger partial charge in [0.2, 0.25) is 0 Å². The molecule has 1 amide bonds. The van der Waals surface area contributed by atoms with Crippen LogP contribution in [0.3, 0.4) is 0 Å². The van der Waals surface area contributed by atoms with Crippen molar-refractivity contribution in [3.63, 3.8) is 0 Å². The number of carboxylic acid groups (broad SMARTS) is 1. The Balaban J connectivity index is 1.42. The summed E-state index contributed by atoms with van der Waals surface area (Å²) >= 11 is 0. The van der Waals surface area contributed by atoms with Crippen molar-refractivity contribution >= 4 is 33.6 Å². The molecule has 5 aromatic carbocycles. The minimum Gasteiger partial charge on any atom is -0.478 e. The minimum absolute atomic E-state index is 0.0117. The van der Waals surface area contributed by atoms with Crippen LogP contribution in [0.1, 0.15) is 50.6 Å². The number of carbonyl (C=O) groups excluding carboxylic acids is 1. The van der Waals surface area contributed by atoms with E-state index < -0.39 is 29.6 Å². The number of fused-ring (bicyclic) bond motifs is 2. The third-order valence-electron chi connectivity index (χ3n) is 7.32. The maximum atomic E-state index is 14.8. The van der Waals surface area contributed by atoms with Gasteiger partial charge in [-0.3, -0.25) is 4.79 Å². The van der Waals surface area contributed by atoms with E-state index in [-0.39, 0.29) is 22.3 Å². The molecule has 0 aliphatic carbocycles. The lowest BCUT2D eigenvalue weighted by molar-refractivity contribution is 0.0696. The summed E-state index contributed by atoms with van der Waals surface area (Å²) in [5, 5.41) is 18.9. The van der Waals surface area contributed by atoms with Crippen molar-refractivity contribution < 1.29 is 28.0 Å². The smallest absolute Gasteiger partial charge is 0.335 e. The molecule has 0 unspecified atom stereocenters. The summed E-state index contributed by atoms with van der Waals surface area (Å²) < 4.78 is 34.6. The summed E-state index contributed by atoms with van der Waals surface area (Å²) in [5.41, 5.74) is 2.55. The summed E-state index contributed by atoms with van der Waals surface area (Å²) in [6.07, 6.45) is 0.349. The van der Waals surface area contributed by atoms with Crippen molar-refractivity contribution in [3.8, 4) is 11.1 Å². The van der Waals surface area contributed by atoms with Gasteiger partial charge in [-0.2, -0.15) is 0 Å². The van der Waals surface area contributed by atoms with Crippen LogP contribution in [0.4, 0.5) is 8.78 Å². The van der Waals surface area contributed by atoms with Gasteiger partial charge in [-0.1, -0.05) is 59.8 Å². The van der Waals surface area contributed by atoms with Crippen LogP contribution >= 0.6 is 0 Å². The van der Waals surface area contributed by atoms with Crippen molar-refractivity contribution in [2.75, 3.05) is 0 Å². The summed E-state index contributed by atoms with van der Waals surface area (Å²) in [6.45, 7) is 1.77. The number of rotatable bonds is 7. The lowest BCUT2D eigenvalue weighted by atomic mass is 9.96. The maximum absolute atomic E-state index is 14.8. The first-order valence-corrected chi connectivity index (χ1v) is 13.3. The molecule has 6 nitrogen and oxygen atoms in total. The summed E-state index contributed by atoms with van der Waals surface area (Å²) in [4.78, 5) is 25.0. The van der Waals surface area contributed by atoms with Crippen molar-refractivity contribution in [1.29, 1.82) is 0 Å². The highest BCUT2D eigenvalue weighted by Crippen LogP contribution is 2.33. The number of hydrogen-bond acceptors (Lipinski definition) is 4. The average Bonchev–Trinajstić information content (AvgIpc) is 3.40. The van der Waals surface area contributed by atoms with Gasteiger partial charge in [0.15, 0.2) is 0 Å². The molecule has 0 saturated heterocycles. The largest absolute Gasteiger partial charge is 0.478 e. The highest BCUT2D eigenvalue weighted by molar-refractivity contribution is 6.09. The molecule has 0 radical (unpaired) electrons. The fourth-order valence-electron chi connectivity index (χ4n) is 5.12. The molecule has 1 aromatic heterocycles. The third kappa shape index (κ3) is 5.22. The Bertz CT molecular complexity index is 1980. The first kappa shape index (κ1) is 26.8. The second-order valence-corrected chi connectivity index (χ2v) is 10.1. The second-order valence-electron chi connectivity index (χ2n) is 10.1. The molecule has 0 bridgehead atoms. The molecule has 0 aliphatic heterocycles. The zero-order valence-electron chi connectivity index (χ0n) is 22.4. The minimum atomic E-state index is -1.05. The van der Waals surface area contributed by atoms with E-state index in [4.69, 9.17) is 4.52 Å². The monoisotopic (exact) mass is 562 g/mol. The van der Waals surface area contributed by atoms with Crippen molar-refractivity contribution in [3.05, 3.63) is 137 Å². The van der Waals surface area contributed by atoms with E-state index in [0.717, 1.165) is 34.5 Å². The van der Waals surface area contributed by atoms with E-state index >= 15 is 0 Å². The molecular weight excluding hydrogens is 538 g/mol. The standard InChI is InChI=1S/C34H24F2N2O4/c1-19(21-8-10-23(11-9-21)34(40)41)37-33(39)28-16-25(27-18-26(35)12-13-29(27)36)17-30-32(28)31(42-38-30)15-20-6-7-22-4-2-3-5-24(22)14-20/h2-14,16-19H,15H2,1H3,(H,37,39)(H,40,41)/t19-/m0/s1. The van der Waals surface area contributed by atoms with E-state index in [9.17, 15) is 23.5 Å². The number of halogens is 2. The average molecular weight is 563 g/mol. The highest BCUT2D eigenvalue weighted by atomic mass is 19.1. The fourth-order valence-corrected chi connectivity index (χ4v) is 5.12. The van der Waals surface area contributed by atoms with Crippen LogP contribution < -0.4 is 5.32 Å². The van der Waals surface area contributed by atoms with Gasteiger partial charge >= 0.3 is 5.97 Å². The van der Waals surface area contributed by atoms with Gasteiger partial charge in [0, 0.05) is 12.0 Å². The Labute approximate surface area is 239 Å². The van der Waals surface area contributed by atoms with Crippen molar-refractivity contribution in [2.45, 2.75) is 19.4 Å². The van der Waals surface area contributed by atoms with Gasteiger partial charge in [0.05, 0.1) is 22.6 Å². The number of amides is 1. The van der Waals surface area contributed by atoms with Gasteiger partial charge in [-0.05, 0) is 76.9 Å². The molecule has 0 aliphatic rings. The molecule has 42 heavy (non-hydrogen) atoms. The Hall–Kier alpha value is -5.37. The lowest BCUT2D eigenvalue weighted by Gasteiger charge is -2.16. The molecule has 2 N–H and O–H groups in total. The van der Waals surface area contributed by atoms with Gasteiger partial charge in [0.25, 0.3) is 5.91 Å². The van der Waals surface area contributed by atoms with Gasteiger partial charge in [-0.15, -0.1) is 0 Å². The molecule has 0 spiro atoms.